The number of benzene rings is 3. The van der Waals surface area contributed by atoms with E-state index < -0.39 is 0 Å². The van der Waals surface area contributed by atoms with Crippen LogP contribution in [0, 0.1) is 0 Å². The molecule has 1 aliphatic heterocycles. The predicted octanol–water partition coefficient (Wildman–Crippen LogP) is 4.42. The fourth-order valence-corrected chi connectivity index (χ4v) is 3.08. The molecule has 4 rings (SSSR count). The van der Waals surface area contributed by atoms with Crippen LogP contribution >= 0.6 is 0 Å². The highest BCUT2D eigenvalue weighted by Crippen LogP contribution is 2.30. The molecule has 0 aromatic heterocycles. The van der Waals surface area contributed by atoms with Gasteiger partial charge in [0.25, 0.3) is 5.91 Å². The Balaban J connectivity index is 1.24. The number of hydrogen-bond acceptors (Lipinski definition) is 6. The van der Waals surface area contributed by atoms with E-state index in [1.54, 1.807) is 19.1 Å². The summed E-state index contributed by atoms with van der Waals surface area (Å²) >= 11 is 0. The van der Waals surface area contributed by atoms with Gasteiger partial charge in [-0.3, -0.25) is 4.79 Å². The maximum atomic E-state index is 12.1. The monoisotopic (exact) mass is 432 g/mol. The molecule has 164 valence electrons. The van der Waals surface area contributed by atoms with Crippen LogP contribution in [0.4, 0.5) is 5.69 Å². The Morgan fingerprint density at radius 2 is 1.72 bits per heavy atom. The van der Waals surface area contributed by atoms with Gasteiger partial charge in [0.15, 0.2) is 18.1 Å². The van der Waals surface area contributed by atoms with Crippen LogP contribution in [0.15, 0.2) is 78.0 Å². The zero-order valence-corrected chi connectivity index (χ0v) is 17.7. The second-order valence-electron chi connectivity index (χ2n) is 7.16. The van der Waals surface area contributed by atoms with E-state index in [0.29, 0.717) is 42.7 Å². The first-order valence-electron chi connectivity index (χ1n) is 10.3. The zero-order valence-electron chi connectivity index (χ0n) is 17.7. The molecule has 7 nitrogen and oxygen atoms in total. The van der Waals surface area contributed by atoms with Gasteiger partial charge in [-0.05, 0) is 55.0 Å². The average Bonchev–Trinajstić information content (AvgIpc) is 2.84. The quantitative estimate of drug-likeness (QED) is 0.421. The lowest BCUT2D eigenvalue weighted by molar-refractivity contribution is -0.120. The summed E-state index contributed by atoms with van der Waals surface area (Å²) < 4.78 is 16.8. The van der Waals surface area contributed by atoms with Gasteiger partial charge in [0.2, 0.25) is 0 Å². The molecule has 1 aliphatic rings. The van der Waals surface area contributed by atoms with Gasteiger partial charge in [-0.2, -0.15) is 0 Å². The Morgan fingerprint density at radius 1 is 0.969 bits per heavy atom. The maximum Gasteiger partial charge on any atom is 0.265 e. The van der Waals surface area contributed by atoms with Crippen molar-refractivity contribution in [1.29, 1.82) is 0 Å². The van der Waals surface area contributed by atoms with E-state index in [0.717, 1.165) is 16.9 Å². The Kier molecular flexibility index (Phi) is 6.87. The summed E-state index contributed by atoms with van der Waals surface area (Å²) in [4.78, 5) is 17.4. The van der Waals surface area contributed by atoms with Crippen LogP contribution in [-0.4, -0.2) is 31.4 Å². The second-order valence-corrected chi connectivity index (χ2v) is 7.16. The summed E-state index contributed by atoms with van der Waals surface area (Å²) in [6.07, 6.45) is 0. The normalized spacial score (nSPS) is 12.7. The Labute approximate surface area is 186 Å². The van der Waals surface area contributed by atoms with Gasteiger partial charge in [-0.15, -0.1) is 0 Å². The zero-order chi connectivity index (χ0) is 22.2. The molecular weight excluding hydrogens is 408 g/mol. The van der Waals surface area contributed by atoms with Crippen molar-refractivity contribution in [1.82, 2.24) is 0 Å². The van der Waals surface area contributed by atoms with Crippen LogP contribution in [0.25, 0.3) is 0 Å². The number of carbonyl (C=O) groups excluding carboxylic acids is 1. The number of carbonyl (C=O) groups is 1. The third-order valence-electron chi connectivity index (χ3n) is 4.74. The van der Waals surface area contributed by atoms with Gasteiger partial charge in [0.05, 0.1) is 5.71 Å². The van der Waals surface area contributed by atoms with Gasteiger partial charge in [-0.1, -0.05) is 35.5 Å². The maximum absolute atomic E-state index is 12.1. The molecular formula is C25H24N2O5. The first-order valence-corrected chi connectivity index (χ1v) is 10.3. The van der Waals surface area contributed by atoms with E-state index in [1.165, 1.54) is 0 Å². The summed E-state index contributed by atoms with van der Waals surface area (Å²) in [5, 5.41) is 6.80. The topological polar surface area (TPSA) is 78.4 Å². The highest BCUT2D eigenvalue weighted by atomic mass is 16.6. The molecule has 0 radical (unpaired) electrons. The minimum atomic E-state index is -0.304. The number of anilines is 1. The van der Waals surface area contributed by atoms with Crippen LogP contribution in [0.1, 0.15) is 18.1 Å². The molecule has 3 aromatic carbocycles. The lowest BCUT2D eigenvalue weighted by Gasteiger charge is -2.18. The van der Waals surface area contributed by atoms with E-state index in [4.69, 9.17) is 19.0 Å². The highest BCUT2D eigenvalue weighted by molar-refractivity contribution is 5.99. The van der Waals surface area contributed by atoms with Crippen LogP contribution in [0.2, 0.25) is 0 Å². The van der Waals surface area contributed by atoms with Crippen molar-refractivity contribution in [3.63, 3.8) is 0 Å². The van der Waals surface area contributed by atoms with Gasteiger partial charge in [0, 0.05) is 11.3 Å². The molecule has 0 saturated carbocycles. The summed E-state index contributed by atoms with van der Waals surface area (Å²) in [5.41, 5.74) is 3.21. The molecule has 32 heavy (non-hydrogen) atoms. The average molecular weight is 432 g/mol. The number of ether oxygens (including phenoxy) is 3. The third kappa shape index (κ3) is 5.78. The SMILES string of the molecule is C/C(=N\OCC(=O)Nc1ccc(OCc2ccccc2)cc1)c1ccc2c(c1)OCCO2. The summed E-state index contributed by atoms with van der Waals surface area (Å²) in [6, 6.07) is 22.7. The van der Waals surface area contributed by atoms with Crippen molar-refractivity contribution in [3.05, 3.63) is 83.9 Å². The number of hydrogen-bond donors (Lipinski definition) is 1. The van der Waals surface area contributed by atoms with Crippen molar-refractivity contribution in [3.8, 4) is 17.2 Å². The van der Waals surface area contributed by atoms with Gasteiger partial charge in [0.1, 0.15) is 25.6 Å². The highest BCUT2D eigenvalue weighted by Gasteiger charge is 2.13. The molecule has 0 saturated heterocycles. The summed E-state index contributed by atoms with van der Waals surface area (Å²) in [6.45, 7) is 3.15. The van der Waals surface area contributed by atoms with E-state index in [9.17, 15) is 4.79 Å². The molecule has 0 atom stereocenters. The van der Waals surface area contributed by atoms with Crippen molar-refractivity contribution >= 4 is 17.3 Å². The second kappa shape index (κ2) is 10.3. The van der Waals surface area contributed by atoms with Gasteiger partial charge >= 0.3 is 0 Å². The Bertz CT molecular complexity index is 1080. The lowest BCUT2D eigenvalue weighted by Crippen LogP contribution is -2.17. The number of nitrogens with zero attached hydrogens (tertiary/aromatic N) is 1. The first kappa shape index (κ1) is 21.2. The summed E-state index contributed by atoms with van der Waals surface area (Å²) in [5.74, 6) is 1.81. The van der Waals surface area contributed by atoms with Crippen LogP contribution in [0.5, 0.6) is 17.2 Å². The van der Waals surface area contributed by atoms with E-state index in [1.807, 2.05) is 60.7 Å². The fraction of sp³-hybridized carbons (Fsp3) is 0.200. The minimum Gasteiger partial charge on any atom is -0.489 e. The number of oxime groups is 1. The molecule has 0 spiro atoms. The molecule has 0 fully saturated rings. The van der Waals surface area contributed by atoms with E-state index in [-0.39, 0.29) is 12.5 Å². The van der Waals surface area contributed by atoms with Crippen molar-refractivity contribution in [2.75, 3.05) is 25.1 Å². The number of fused-ring (bicyclic) bond motifs is 1. The van der Waals surface area contributed by atoms with Gasteiger partial charge in [-0.25, -0.2) is 0 Å². The minimum absolute atomic E-state index is 0.200. The third-order valence-corrected chi connectivity index (χ3v) is 4.74. The van der Waals surface area contributed by atoms with Crippen molar-refractivity contribution in [2.45, 2.75) is 13.5 Å². The van der Waals surface area contributed by atoms with Gasteiger partial charge < -0.3 is 24.4 Å². The predicted molar refractivity (Wildman–Crippen MR) is 121 cm³/mol. The van der Waals surface area contributed by atoms with E-state index in [2.05, 4.69) is 10.5 Å². The lowest BCUT2D eigenvalue weighted by atomic mass is 10.1. The molecule has 1 heterocycles. The standard InChI is InChI=1S/C25H24N2O5/c1-18(20-7-12-23-24(15-20)30-14-13-29-23)27-32-17-25(28)26-21-8-10-22(11-9-21)31-16-19-5-3-2-4-6-19/h2-12,15H,13-14,16-17H2,1H3,(H,26,28)/b27-18+. The van der Waals surface area contributed by atoms with Crippen LogP contribution < -0.4 is 19.5 Å². The molecule has 0 unspecified atom stereocenters. The van der Waals surface area contributed by atoms with Crippen LogP contribution in [-0.2, 0) is 16.2 Å². The number of amides is 1. The molecule has 1 N–H and O–H groups in total. The summed E-state index contributed by atoms with van der Waals surface area (Å²) in [7, 11) is 0. The van der Waals surface area contributed by atoms with Crippen molar-refractivity contribution in [2.24, 2.45) is 5.16 Å². The smallest absolute Gasteiger partial charge is 0.265 e. The molecule has 1 amide bonds. The molecule has 0 bridgehead atoms. The molecule has 3 aromatic rings. The largest absolute Gasteiger partial charge is 0.489 e. The van der Waals surface area contributed by atoms with E-state index >= 15 is 0 Å². The Hall–Kier alpha value is -4.00. The van der Waals surface area contributed by atoms with Crippen molar-refractivity contribution < 1.29 is 23.8 Å². The molecule has 7 heteroatoms. The fourth-order valence-electron chi connectivity index (χ4n) is 3.08. The first-order chi connectivity index (χ1) is 15.7. The van der Waals surface area contributed by atoms with Crippen LogP contribution in [0.3, 0.4) is 0 Å². The molecule has 0 aliphatic carbocycles. The number of nitrogens with one attached hydrogen (secondary N) is 1. The Morgan fingerprint density at radius 3 is 2.50 bits per heavy atom. The number of rotatable bonds is 8.